The average Bonchev–Trinajstić information content (AvgIpc) is 2.28. The molecule has 2 N–H and O–H groups in total. The van der Waals surface area contributed by atoms with E-state index in [0.29, 0.717) is 6.54 Å². The predicted octanol–water partition coefficient (Wildman–Crippen LogP) is 1.87. The van der Waals surface area contributed by atoms with E-state index in [-0.39, 0.29) is 0 Å². The first-order chi connectivity index (χ1) is 8.19. The Labute approximate surface area is 108 Å². The molecule has 2 atom stereocenters. The highest BCUT2D eigenvalue weighted by Crippen LogP contribution is 2.25. The molecule has 2 heterocycles. The van der Waals surface area contributed by atoms with Crippen LogP contribution in [0.5, 0.6) is 0 Å². The van der Waals surface area contributed by atoms with Gasteiger partial charge in [0.1, 0.15) is 0 Å². The first kappa shape index (κ1) is 12.9. The van der Waals surface area contributed by atoms with Crippen LogP contribution in [-0.2, 0) is 13.1 Å². The summed E-state index contributed by atoms with van der Waals surface area (Å²) in [6.45, 7) is 8.45. The molecule has 1 aliphatic rings. The van der Waals surface area contributed by atoms with Crippen LogP contribution in [0.3, 0.4) is 0 Å². The summed E-state index contributed by atoms with van der Waals surface area (Å²) >= 11 is 2.08. The highest BCUT2D eigenvalue weighted by Gasteiger charge is 2.22. The molecule has 1 aromatic heterocycles. The molecule has 2 rings (SSSR count). The molecule has 0 bridgehead atoms. The molecule has 2 unspecified atom stereocenters. The van der Waals surface area contributed by atoms with Crippen LogP contribution < -0.4 is 5.73 Å². The minimum Gasteiger partial charge on any atom is -0.325 e. The van der Waals surface area contributed by atoms with Crippen LogP contribution in [-0.4, -0.2) is 33.5 Å². The summed E-state index contributed by atoms with van der Waals surface area (Å²) in [6, 6.07) is 4.15. The number of nitrogens with zero attached hydrogens (tertiary/aromatic N) is 2. The van der Waals surface area contributed by atoms with Crippen molar-refractivity contribution < 1.29 is 0 Å². The number of thioether (sulfide) groups is 1. The normalized spacial score (nSPS) is 26.1. The van der Waals surface area contributed by atoms with Crippen LogP contribution in [0.2, 0.25) is 0 Å². The quantitative estimate of drug-likeness (QED) is 0.890. The SMILES string of the molecule is CC1CN(Cc2cccnc2CN)CC(C)S1. The summed E-state index contributed by atoms with van der Waals surface area (Å²) < 4.78 is 0. The lowest BCUT2D eigenvalue weighted by atomic mass is 10.1. The zero-order chi connectivity index (χ0) is 12.3. The zero-order valence-corrected chi connectivity index (χ0v) is 11.4. The molecule has 94 valence electrons. The highest BCUT2D eigenvalue weighted by molar-refractivity contribution is 8.00. The zero-order valence-electron chi connectivity index (χ0n) is 10.6. The van der Waals surface area contributed by atoms with Gasteiger partial charge >= 0.3 is 0 Å². The fourth-order valence-electron chi connectivity index (χ4n) is 2.45. The maximum Gasteiger partial charge on any atom is 0.0584 e. The molecule has 1 aliphatic heterocycles. The topological polar surface area (TPSA) is 42.2 Å². The molecule has 3 nitrogen and oxygen atoms in total. The lowest BCUT2D eigenvalue weighted by Gasteiger charge is -2.34. The van der Waals surface area contributed by atoms with Crippen molar-refractivity contribution in [2.45, 2.75) is 37.4 Å². The number of hydrogen-bond acceptors (Lipinski definition) is 4. The van der Waals surface area contributed by atoms with Gasteiger partial charge in [-0.1, -0.05) is 19.9 Å². The third kappa shape index (κ3) is 3.44. The maximum absolute atomic E-state index is 5.73. The summed E-state index contributed by atoms with van der Waals surface area (Å²) in [5, 5.41) is 1.44. The number of rotatable bonds is 3. The van der Waals surface area contributed by atoms with Crippen molar-refractivity contribution in [2.24, 2.45) is 5.73 Å². The van der Waals surface area contributed by atoms with E-state index in [0.717, 1.165) is 35.8 Å². The van der Waals surface area contributed by atoms with E-state index in [4.69, 9.17) is 5.73 Å². The Bertz CT molecular complexity index is 359. The predicted molar refractivity (Wildman–Crippen MR) is 73.9 cm³/mol. The Morgan fingerprint density at radius 1 is 1.41 bits per heavy atom. The minimum atomic E-state index is 0.532. The van der Waals surface area contributed by atoms with Gasteiger partial charge in [-0.3, -0.25) is 9.88 Å². The first-order valence-corrected chi connectivity index (χ1v) is 7.14. The van der Waals surface area contributed by atoms with Crippen molar-refractivity contribution in [3.05, 3.63) is 29.6 Å². The molecule has 1 aromatic rings. The molecule has 0 aromatic carbocycles. The van der Waals surface area contributed by atoms with Gasteiger partial charge in [0.15, 0.2) is 0 Å². The summed E-state index contributed by atoms with van der Waals surface area (Å²) in [6.07, 6.45) is 1.82. The van der Waals surface area contributed by atoms with E-state index >= 15 is 0 Å². The average molecular weight is 251 g/mol. The molecule has 0 radical (unpaired) electrons. The van der Waals surface area contributed by atoms with Crippen molar-refractivity contribution >= 4 is 11.8 Å². The van der Waals surface area contributed by atoms with Crippen molar-refractivity contribution in [1.82, 2.24) is 9.88 Å². The van der Waals surface area contributed by atoms with E-state index in [1.807, 2.05) is 12.3 Å². The summed E-state index contributed by atoms with van der Waals surface area (Å²) in [5.74, 6) is 0. The van der Waals surface area contributed by atoms with Gasteiger partial charge in [-0.05, 0) is 11.6 Å². The van der Waals surface area contributed by atoms with Gasteiger partial charge in [-0.15, -0.1) is 0 Å². The molecule has 0 amide bonds. The first-order valence-electron chi connectivity index (χ1n) is 6.19. The van der Waals surface area contributed by atoms with E-state index in [1.54, 1.807) is 0 Å². The Balaban J connectivity index is 2.04. The number of pyridine rings is 1. The molecular weight excluding hydrogens is 230 g/mol. The highest BCUT2D eigenvalue weighted by atomic mass is 32.2. The molecule has 0 spiro atoms. The number of hydrogen-bond donors (Lipinski definition) is 1. The Kier molecular flexibility index (Phi) is 4.42. The molecular formula is C13H21N3S. The maximum atomic E-state index is 5.73. The van der Waals surface area contributed by atoms with E-state index in [2.05, 4.69) is 41.6 Å². The van der Waals surface area contributed by atoms with Crippen molar-refractivity contribution in [3.8, 4) is 0 Å². The summed E-state index contributed by atoms with van der Waals surface area (Å²) in [4.78, 5) is 6.86. The largest absolute Gasteiger partial charge is 0.325 e. The third-order valence-electron chi connectivity index (χ3n) is 3.07. The second-order valence-corrected chi connectivity index (χ2v) is 6.65. The third-order valence-corrected chi connectivity index (χ3v) is 4.29. The van der Waals surface area contributed by atoms with Gasteiger partial charge in [0.2, 0.25) is 0 Å². The molecule has 1 saturated heterocycles. The molecule has 0 saturated carbocycles. The second-order valence-electron chi connectivity index (χ2n) is 4.76. The molecule has 0 aliphatic carbocycles. The Hall–Kier alpha value is -0.580. The second kappa shape index (κ2) is 5.85. The van der Waals surface area contributed by atoms with Crippen LogP contribution >= 0.6 is 11.8 Å². The van der Waals surface area contributed by atoms with Crippen LogP contribution in [0.15, 0.2) is 18.3 Å². The number of nitrogens with two attached hydrogens (primary N) is 1. The monoisotopic (exact) mass is 251 g/mol. The Morgan fingerprint density at radius 2 is 2.12 bits per heavy atom. The lowest BCUT2D eigenvalue weighted by Crippen LogP contribution is -2.40. The molecule has 4 heteroatoms. The van der Waals surface area contributed by atoms with Gasteiger partial charge in [0.25, 0.3) is 0 Å². The summed E-state index contributed by atoms with van der Waals surface area (Å²) in [7, 11) is 0. The fraction of sp³-hybridized carbons (Fsp3) is 0.615. The lowest BCUT2D eigenvalue weighted by molar-refractivity contribution is 0.262. The van der Waals surface area contributed by atoms with E-state index in [1.165, 1.54) is 5.56 Å². The van der Waals surface area contributed by atoms with Crippen molar-refractivity contribution in [3.63, 3.8) is 0 Å². The molecule has 1 fully saturated rings. The summed E-state index contributed by atoms with van der Waals surface area (Å²) in [5.41, 5.74) is 8.04. The van der Waals surface area contributed by atoms with Gasteiger partial charge in [0, 0.05) is 42.9 Å². The van der Waals surface area contributed by atoms with Crippen molar-refractivity contribution in [1.29, 1.82) is 0 Å². The fourth-order valence-corrected chi connectivity index (χ4v) is 3.84. The van der Waals surface area contributed by atoms with Gasteiger partial charge < -0.3 is 5.73 Å². The van der Waals surface area contributed by atoms with E-state index in [9.17, 15) is 0 Å². The van der Waals surface area contributed by atoms with Crippen LogP contribution in [0, 0.1) is 0 Å². The Morgan fingerprint density at radius 3 is 2.76 bits per heavy atom. The van der Waals surface area contributed by atoms with Crippen LogP contribution in [0.1, 0.15) is 25.1 Å². The van der Waals surface area contributed by atoms with Gasteiger partial charge in [0.05, 0.1) is 5.69 Å². The molecule has 17 heavy (non-hydrogen) atoms. The van der Waals surface area contributed by atoms with E-state index < -0.39 is 0 Å². The van der Waals surface area contributed by atoms with Gasteiger partial charge in [-0.2, -0.15) is 11.8 Å². The smallest absolute Gasteiger partial charge is 0.0584 e. The van der Waals surface area contributed by atoms with Crippen LogP contribution in [0.4, 0.5) is 0 Å². The minimum absolute atomic E-state index is 0.532. The van der Waals surface area contributed by atoms with Crippen LogP contribution in [0.25, 0.3) is 0 Å². The number of aromatic nitrogens is 1. The standard InChI is InChI=1S/C13H21N3S/c1-10-7-16(8-11(2)17-10)9-12-4-3-5-15-13(12)6-14/h3-5,10-11H,6-9,14H2,1-2H3. The van der Waals surface area contributed by atoms with Crippen molar-refractivity contribution in [2.75, 3.05) is 13.1 Å². The van der Waals surface area contributed by atoms with Gasteiger partial charge in [-0.25, -0.2) is 0 Å².